The summed E-state index contributed by atoms with van der Waals surface area (Å²) in [4.78, 5) is 33.8. The van der Waals surface area contributed by atoms with Crippen LogP contribution in [0.5, 0.6) is 0 Å². The molecule has 1 N–H and O–H groups in total. The van der Waals surface area contributed by atoms with Crippen molar-refractivity contribution in [3.05, 3.63) is 27.4 Å². The predicted octanol–water partition coefficient (Wildman–Crippen LogP) is 0.736. The first kappa shape index (κ1) is 13.0. The Kier molecular flexibility index (Phi) is 2.32. The summed E-state index contributed by atoms with van der Waals surface area (Å²) in [6.07, 6.45) is 0.897. The Balaban J connectivity index is 1.65. The molecule has 1 aromatic rings. The molecule has 4 rings (SSSR count). The van der Waals surface area contributed by atoms with Gasteiger partial charge < -0.3 is 14.6 Å². The fourth-order valence-electron chi connectivity index (χ4n) is 4.04. The Bertz CT molecular complexity index is 709. The van der Waals surface area contributed by atoms with Gasteiger partial charge in [0.2, 0.25) is 5.91 Å². The van der Waals surface area contributed by atoms with Crippen LogP contribution in [-0.4, -0.2) is 33.0 Å². The van der Waals surface area contributed by atoms with E-state index in [0.29, 0.717) is 37.0 Å². The molecular formula is C15H19N3O3. The van der Waals surface area contributed by atoms with Crippen molar-refractivity contribution < 1.29 is 9.53 Å². The first-order valence-corrected chi connectivity index (χ1v) is 7.37. The van der Waals surface area contributed by atoms with Crippen LogP contribution in [0.25, 0.3) is 0 Å². The lowest BCUT2D eigenvalue weighted by Crippen LogP contribution is -2.45. The van der Waals surface area contributed by atoms with E-state index in [-0.39, 0.29) is 11.5 Å². The van der Waals surface area contributed by atoms with E-state index in [2.05, 4.69) is 9.97 Å². The number of aromatic amines is 1. The second-order valence-corrected chi connectivity index (χ2v) is 6.93. The fraction of sp³-hybridized carbons (Fsp3) is 0.667. The number of carbonyl (C=O) groups is 1. The van der Waals surface area contributed by atoms with Crippen molar-refractivity contribution in [2.24, 2.45) is 11.3 Å². The molecular weight excluding hydrogens is 270 g/mol. The van der Waals surface area contributed by atoms with Crippen LogP contribution in [0.2, 0.25) is 0 Å². The summed E-state index contributed by atoms with van der Waals surface area (Å²) in [6.45, 7) is 7.21. The first-order chi connectivity index (χ1) is 9.85. The SMILES string of the molecule is Cc1nc2c(c(=O)[nH]1)CN(C(=O)C13CC1COC3(C)C)C2. The summed E-state index contributed by atoms with van der Waals surface area (Å²) in [7, 11) is 0. The smallest absolute Gasteiger partial charge is 0.256 e. The van der Waals surface area contributed by atoms with Gasteiger partial charge >= 0.3 is 0 Å². The van der Waals surface area contributed by atoms with Crippen LogP contribution < -0.4 is 5.56 Å². The number of carbonyl (C=O) groups excluding carboxylic acids is 1. The van der Waals surface area contributed by atoms with Gasteiger partial charge in [-0.3, -0.25) is 9.59 Å². The van der Waals surface area contributed by atoms with Gasteiger partial charge in [-0.1, -0.05) is 0 Å². The topological polar surface area (TPSA) is 75.3 Å². The molecule has 2 unspecified atom stereocenters. The largest absolute Gasteiger partial charge is 0.374 e. The molecule has 1 amide bonds. The van der Waals surface area contributed by atoms with Crippen molar-refractivity contribution in [3.8, 4) is 0 Å². The van der Waals surface area contributed by atoms with Crippen LogP contribution in [0.15, 0.2) is 4.79 Å². The van der Waals surface area contributed by atoms with Crippen LogP contribution >= 0.6 is 0 Å². The van der Waals surface area contributed by atoms with Gasteiger partial charge in [0, 0.05) is 5.92 Å². The van der Waals surface area contributed by atoms with Crippen LogP contribution in [0.4, 0.5) is 0 Å². The van der Waals surface area contributed by atoms with E-state index in [1.54, 1.807) is 11.8 Å². The molecule has 6 nitrogen and oxygen atoms in total. The van der Waals surface area contributed by atoms with Crippen molar-refractivity contribution >= 4 is 5.91 Å². The summed E-state index contributed by atoms with van der Waals surface area (Å²) in [5, 5.41) is 0. The number of amides is 1. The number of hydrogen-bond donors (Lipinski definition) is 1. The van der Waals surface area contributed by atoms with Crippen molar-refractivity contribution in [2.45, 2.75) is 45.9 Å². The minimum Gasteiger partial charge on any atom is -0.374 e. The van der Waals surface area contributed by atoms with Crippen LogP contribution in [0.1, 0.15) is 37.4 Å². The number of H-pyrrole nitrogens is 1. The van der Waals surface area contributed by atoms with Gasteiger partial charge in [-0.05, 0) is 27.2 Å². The van der Waals surface area contributed by atoms with Crippen LogP contribution in [-0.2, 0) is 22.6 Å². The molecule has 1 aliphatic carbocycles. The number of nitrogens with zero attached hydrogens (tertiary/aromatic N) is 2. The summed E-state index contributed by atoms with van der Waals surface area (Å²) < 4.78 is 5.78. The molecule has 2 atom stereocenters. The normalized spacial score (nSPS) is 32.0. The average Bonchev–Trinajstić information content (AvgIpc) is 2.91. The highest BCUT2D eigenvalue weighted by molar-refractivity contribution is 5.88. The lowest BCUT2D eigenvalue weighted by atomic mass is 9.85. The van der Waals surface area contributed by atoms with Crippen molar-refractivity contribution in [2.75, 3.05) is 6.61 Å². The van der Waals surface area contributed by atoms with Gasteiger partial charge in [-0.25, -0.2) is 4.98 Å². The average molecular weight is 289 g/mol. The zero-order chi connectivity index (χ0) is 15.0. The fourth-order valence-corrected chi connectivity index (χ4v) is 4.04. The monoisotopic (exact) mass is 289 g/mol. The Morgan fingerprint density at radius 1 is 1.43 bits per heavy atom. The molecule has 2 aliphatic heterocycles. The standard InChI is InChI=1S/C15H19N3O3/c1-8-16-11-6-18(5-10(11)12(19)17-8)13(20)15-4-9(15)7-21-14(15,2)3/h9H,4-7H2,1-3H3,(H,16,17,19). The summed E-state index contributed by atoms with van der Waals surface area (Å²) >= 11 is 0. The highest BCUT2D eigenvalue weighted by atomic mass is 16.5. The maximum Gasteiger partial charge on any atom is 0.256 e. The van der Waals surface area contributed by atoms with Gasteiger partial charge in [0.15, 0.2) is 0 Å². The lowest BCUT2D eigenvalue weighted by molar-refractivity contribution is -0.146. The van der Waals surface area contributed by atoms with E-state index in [0.717, 1.165) is 12.1 Å². The third kappa shape index (κ3) is 1.54. The lowest BCUT2D eigenvalue weighted by Gasteiger charge is -2.32. The van der Waals surface area contributed by atoms with Crippen LogP contribution in [0.3, 0.4) is 0 Å². The molecule has 2 fully saturated rings. The Morgan fingerprint density at radius 2 is 2.19 bits per heavy atom. The number of hydrogen-bond acceptors (Lipinski definition) is 4. The predicted molar refractivity (Wildman–Crippen MR) is 74.4 cm³/mol. The molecule has 0 spiro atoms. The molecule has 3 aliphatic rings. The van der Waals surface area contributed by atoms with Crippen LogP contribution in [0, 0.1) is 18.3 Å². The molecule has 0 aromatic carbocycles. The van der Waals surface area contributed by atoms with E-state index in [9.17, 15) is 9.59 Å². The van der Waals surface area contributed by atoms with E-state index in [1.807, 2.05) is 13.8 Å². The van der Waals surface area contributed by atoms with Gasteiger partial charge in [-0.2, -0.15) is 0 Å². The third-order valence-corrected chi connectivity index (χ3v) is 5.40. The number of aromatic nitrogens is 2. The van der Waals surface area contributed by atoms with E-state index in [4.69, 9.17) is 4.74 Å². The summed E-state index contributed by atoms with van der Waals surface area (Å²) in [6, 6.07) is 0. The second kappa shape index (κ2) is 3.74. The molecule has 1 saturated heterocycles. The number of nitrogens with one attached hydrogen (secondary N) is 1. The number of fused-ring (bicyclic) bond motifs is 2. The zero-order valence-corrected chi connectivity index (χ0v) is 12.5. The summed E-state index contributed by atoms with van der Waals surface area (Å²) in [5.41, 5.74) is 0.421. The minimum absolute atomic E-state index is 0.116. The molecule has 1 aromatic heterocycles. The van der Waals surface area contributed by atoms with Crippen molar-refractivity contribution in [3.63, 3.8) is 0 Å². The minimum atomic E-state index is -0.417. The first-order valence-electron chi connectivity index (χ1n) is 7.37. The highest BCUT2D eigenvalue weighted by Crippen LogP contribution is 2.66. The quantitative estimate of drug-likeness (QED) is 0.827. The number of rotatable bonds is 1. The van der Waals surface area contributed by atoms with E-state index >= 15 is 0 Å². The maximum atomic E-state index is 13.0. The Labute approximate surface area is 122 Å². The molecule has 1 saturated carbocycles. The maximum absolute atomic E-state index is 13.0. The molecule has 0 radical (unpaired) electrons. The molecule has 6 heteroatoms. The van der Waals surface area contributed by atoms with Gasteiger partial charge in [0.25, 0.3) is 5.56 Å². The Hall–Kier alpha value is -1.69. The Morgan fingerprint density at radius 3 is 2.81 bits per heavy atom. The zero-order valence-electron chi connectivity index (χ0n) is 12.5. The van der Waals surface area contributed by atoms with Crippen molar-refractivity contribution in [1.82, 2.24) is 14.9 Å². The van der Waals surface area contributed by atoms with E-state index < -0.39 is 11.0 Å². The van der Waals surface area contributed by atoms with Gasteiger partial charge in [-0.15, -0.1) is 0 Å². The molecule has 0 bridgehead atoms. The third-order valence-electron chi connectivity index (χ3n) is 5.40. The highest BCUT2D eigenvalue weighted by Gasteiger charge is 2.73. The molecule has 3 heterocycles. The number of ether oxygens (including phenoxy) is 1. The molecule has 21 heavy (non-hydrogen) atoms. The van der Waals surface area contributed by atoms with Crippen molar-refractivity contribution in [1.29, 1.82) is 0 Å². The number of aryl methyl sites for hydroxylation is 1. The second-order valence-electron chi connectivity index (χ2n) is 6.93. The summed E-state index contributed by atoms with van der Waals surface area (Å²) in [5.74, 6) is 1.04. The van der Waals surface area contributed by atoms with Gasteiger partial charge in [0.1, 0.15) is 5.82 Å². The van der Waals surface area contributed by atoms with Gasteiger partial charge in [0.05, 0.1) is 42.0 Å². The van der Waals surface area contributed by atoms with E-state index in [1.165, 1.54) is 0 Å². The molecule has 112 valence electrons.